The van der Waals surface area contributed by atoms with E-state index in [2.05, 4.69) is 38.8 Å². The minimum atomic E-state index is 0.769. The zero-order valence-corrected chi connectivity index (χ0v) is 12.6. The standard InChI is InChI=1S/C20H11N3O/c1-2-6-16-14(5-1)23-15-9-11-22-20-18(15)12(8-10-21-20)13-4-3-7-17(24-16)19(13)23/h1-11H. The van der Waals surface area contributed by atoms with Gasteiger partial charge in [0.05, 0.1) is 22.1 Å². The van der Waals surface area contributed by atoms with E-state index in [0.717, 1.165) is 49.7 Å². The fourth-order valence-electron chi connectivity index (χ4n) is 3.74. The van der Waals surface area contributed by atoms with Crippen LogP contribution in [0.3, 0.4) is 0 Å². The van der Waals surface area contributed by atoms with Crippen LogP contribution in [0.1, 0.15) is 0 Å². The van der Waals surface area contributed by atoms with E-state index in [4.69, 9.17) is 4.42 Å². The minimum absolute atomic E-state index is 0.769. The van der Waals surface area contributed by atoms with Crippen LogP contribution >= 0.6 is 0 Å². The molecular weight excluding hydrogens is 298 g/mol. The predicted molar refractivity (Wildman–Crippen MR) is 94.8 cm³/mol. The van der Waals surface area contributed by atoms with Crippen molar-refractivity contribution < 1.29 is 4.42 Å². The van der Waals surface area contributed by atoms with E-state index < -0.39 is 0 Å². The zero-order chi connectivity index (χ0) is 15.7. The van der Waals surface area contributed by atoms with Crippen molar-refractivity contribution in [2.75, 3.05) is 0 Å². The molecule has 0 unspecified atom stereocenters. The van der Waals surface area contributed by atoms with Crippen molar-refractivity contribution in [3.8, 4) is 5.69 Å². The van der Waals surface area contributed by atoms with Crippen LogP contribution in [0.15, 0.2) is 71.4 Å². The molecule has 0 saturated heterocycles. The van der Waals surface area contributed by atoms with Crippen LogP contribution < -0.4 is 0 Å². The Bertz CT molecular complexity index is 1350. The summed E-state index contributed by atoms with van der Waals surface area (Å²) in [5, 5.41) is 3.38. The van der Waals surface area contributed by atoms with Gasteiger partial charge in [-0.15, -0.1) is 0 Å². The molecule has 4 nitrogen and oxygen atoms in total. The second-order valence-corrected chi connectivity index (χ2v) is 5.94. The first kappa shape index (κ1) is 12.1. The van der Waals surface area contributed by atoms with Gasteiger partial charge >= 0.3 is 0 Å². The molecule has 4 heteroatoms. The molecule has 2 aromatic carbocycles. The second kappa shape index (κ2) is 4.11. The van der Waals surface area contributed by atoms with Crippen LogP contribution in [-0.2, 0) is 0 Å². The monoisotopic (exact) mass is 309 g/mol. The topological polar surface area (TPSA) is 43.9 Å². The van der Waals surface area contributed by atoms with E-state index in [1.807, 2.05) is 42.7 Å². The summed E-state index contributed by atoms with van der Waals surface area (Å²) in [5.74, 6) is 0. The van der Waals surface area contributed by atoms with Gasteiger partial charge in [0.2, 0.25) is 0 Å². The number of aromatic nitrogens is 3. The third-order valence-electron chi connectivity index (χ3n) is 4.70. The fourth-order valence-corrected chi connectivity index (χ4v) is 3.74. The lowest BCUT2D eigenvalue weighted by atomic mass is 10.0. The van der Waals surface area contributed by atoms with Crippen molar-refractivity contribution in [3.63, 3.8) is 0 Å². The van der Waals surface area contributed by atoms with Gasteiger partial charge in [-0.2, -0.15) is 0 Å². The Morgan fingerprint density at radius 3 is 2.50 bits per heavy atom. The molecular formula is C20H11N3O. The van der Waals surface area contributed by atoms with Crippen LogP contribution in [-0.4, -0.2) is 14.5 Å². The highest BCUT2D eigenvalue weighted by Gasteiger charge is 2.20. The number of benzene rings is 2. The summed E-state index contributed by atoms with van der Waals surface area (Å²) >= 11 is 0. The Morgan fingerprint density at radius 1 is 0.708 bits per heavy atom. The highest BCUT2D eigenvalue weighted by molar-refractivity contribution is 6.18. The number of pyridine rings is 3. The third-order valence-corrected chi connectivity index (χ3v) is 4.70. The average molecular weight is 309 g/mol. The van der Waals surface area contributed by atoms with E-state index in [1.54, 1.807) is 0 Å². The highest BCUT2D eigenvalue weighted by Crippen LogP contribution is 2.39. The molecule has 2 aliphatic heterocycles. The van der Waals surface area contributed by atoms with E-state index in [0.29, 0.717) is 0 Å². The normalized spacial score (nSPS) is 12.2. The highest BCUT2D eigenvalue weighted by atomic mass is 16.3. The molecule has 4 aromatic rings. The summed E-state index contributed by atoms with van der Waals surface area (Å²) < 4.78 is 8.43. The van der Waals surface area contributed by atoms with E-state index in [-0.39, 0.29) is 0 Å². The molecule has 112 valence electrons. The number of nitrogens with zero attached hydrogens (tertiary/aromatic N) is 3. The van der Waals surface area contributed by atoms with E-state index >= 15 is 0 Å². The molecule has 2 aromatic heterocycles. The smallest absolute Gasteiger partial charge is 0.161 e. The average Bonchev–Trinajstić information content (AvgIpc) is 2.64. The van der Waals surface area contributed by atoms with Gasteiger partial charge in [0, 0.05) is 17.8 Å². The van der Waals surface area contributed by atoms with Gasteiger partial charge in [0.1, 0.15) is 0 Å². The first-order valence-corrected chi connectivity index (χ1v) is 7.86. The maximum absolute atomic E-state index is 6.16. The molecule has 0 atom stereocenters. The van der Waals surface area contributed by atoms with Crippen LogP contribution in [0.2, 0.25) is 0 Å². The van der Waals surface area contributed by atoms with Crippen molar-refractivity contribution in [2.24, 2.45) is 0 Å². The van der Waals surface area contributed by atoms with Crippen molar-refractivity contribution in [1.29, 1.82) is 0 Å². The molecule has 2 aliphatic rings. The van der Waals surface area contributed by atoms with Crippen LogP contribution in [0, 0.1) is 0 Å². The molecule has 0 aliphatic carbocycles. The quantitative estimate of drug-likeness (QED) is 0.296. The Hall–Kier alpha value is -3.40. The molecule has 0 N–H and O–H groups in total. The van der Waals surface area contributed by atoms with Crippen LogP contribution in [0.4, 0.5) is 0 Å². The summed E-state index contributed by atoms with van der Waals surface area (Å²) in [6.45, 7) is 0. The van der Waals surface area contributed by atoms with Gasteiger partial charge in [0.25, 0.3) is 0 Å². The first-order valence-electron chi connectivity index (χ1n) is 7.86. The van der Waals surface area contributed by atoms with Gasteiger partial charge in [-0.05, 0) is 35.7 Å². The Balaban J connectivity index is 2.11. The third kappa shape index (κ3) is 1.34. The Kier molecular flexibility index (Phi) is 2.07. The maximum Gasteiger partial charge on any atom is 0.161 e. The molecule has 0 spiro atoms. The Morgan fingerprint density at radius 2 is 1.54 bits per heavy atom. The minimum Gasteiger partial charge on any atom is -0.453 e. The summed E-state index contributed by atoms with van der Waals surface area (Å²) in [7, 11) is 0. The van der Waals surface area contributed by atoms with E-state index in [9.17, 15) is 0 Å². The largest absolute Gasteiger partial charge is 0.453 e. The summed E-state index contributed by atoms with van der Waals surface area (Å²) in [5.41, 5.74) is 5.73. The van der Waals surface area contributed by atoms with Crippen LogP contribution in [0.5, 0.6) is 0 Å². The summed E-state index contributed by atoms with van der Waals surface area (Å²) in [6.07, 6.45) is 3.64. The number of rotatable bonds is 0. The zero-order valence-electron chi connectivity index (χ0n) is 12.6. The van der Waals surface area contributed by atoms with Gasteiger partial charge < -0.3 is 8.98 Å². The molecule has 0 saturated carbocycles. The predicted octanol–water partition coefficient (Wildman–Crippen LogP) is 4.91. The number of para-hydroxylation sites is 3. The SMILES string of the molecule is c1ccc2c(c1)oc1cccc3c1-n2c1ccnc2nccc3c21. The lowest BCUT2D eigenvalue weighted by Gasteiger charge is -2.21. The molecule has 0 bridgehead atoms. The molecule has 0 amide bonds. The number of hydrogen-bond donors (Lipinski definition) is 0. The van der Waals surface area contributed by atoms with Gasteiger partial charge in [-0.1, -0.05) is 24.3 Å². The fraction of sp³-hybridized carbons (Fsp3) is 0. The first-order chi connectivity index (χ1) is 11.9. The van der Waals surface area contributed by atoms with Crippen molar-refractivity contribution in [2.45, 2.75) is 0 Å². The second-order valence-electron chi connectivity index (χ2n) is 5.94. The van der Waals surface area contributed by atoms with Crippen LogP contribution in [0.25, 0.3) is 49.7 Å². The van der Waals surface area contributed by atoms with Gasteiger partial charge in [0.15, 0.2) is 16.8 Å². The van der Waals surface area contributed by atoms with E-state index in [1.165, 1.54) is 0 Å². The number of hydrogen-bond acceptors (Lipinski definition) is 3. The summed E-state index contributed by atoms with van der Waals surface area (Å²) in [6, 6.07) is 18.4. The number of fused-ring (bicyclic) bond motifs is 4. The molecule has 0 fully saturated rings. The van der Waals surface area contributed by atoms with Crippen molar-refractivity contribution in [3.05, 3.63) is 67.0 Å². The molecule has 6 rings (SSSR count). The molecule has 0 radical (unpaired) electrons. The molecule has 4 heterocycles. The van der Waals surface area contributed by atoms with Crippen molar-refractivity contribution in [1.82, 2.24) is 14.5 Å². The Labute approximate surface area is 136 Å². The molecule has 24 heavy (non-hydrogen) atoms. The van der Waals surface area contributed by atoms with Gasteiger partial charge in [-0.3, -0.25) is 0 Å². The van der Waals surface area contributed by atoms with Crippen molar-refractivity contribution >= 4 is 44.0 Å². The van der Waals surface area contributed by atoms with Gasteiger partial charge in [-0.25, -0.2) is 9.97 Å². The maximum atomic E-state index is 6.16. The lowest BCUT2D eigenvalue weighted by Crippen LogP contribution is -2.05. The summed E-state index contributed by atoms with van der Waals surface area (Å²) in [4.78, 5) is 8.91. The lowest BCUT2D eigenvalue weighted by molar-refractivity contribution is 0.648.